The quantitative estimate of drug-likeness (QED) is 0.621. The zero-order valence-corrected chi connectivity index (χ0v) is 15.6. The van der Waals surface area contributed by atoms with Crippen molar-refractivity contribution in [3.63, 3.8) is 0 Å². The van der Waals surface area contributed by atoms with Crippen LogP contribution in [0.15, 0.2) is 0 Å². The molecule has 2 N–H and O–H groups in total. The van der Waals surface area contributed by atoms with Gasteiger partial charge in [-0.05, 0) is 25.2 Å². The number of likely N-dealkylation sites (tertiary alicyclic amines) is 1. The summed E-state index contributed by atoms with van der Waals surface area (Å²) in [6.45, 7) is 0.799. The second-order valence-corrected chi connectivity index (χ2v) is 8.09. The Morgan fingerprint density at radius 3 is 2.54 bits per heavy atom. The summed E-state index contributed by atoms with van der Waals surface area (Å²) in [5, 5.41) is 5.56. The zero-order chi connectivity index (χ0) is 19.8. The maximum Gasteiger partial charge on any atom is 0.345 e. The van der Waals surface area contributed by atoms with Gasteiger partial charge in [-0.3, -0.25) is 24.6 Å². The van der Waals surface area contributed by atoms with Gasteiger partial charge in [0.1, 0.15) is 6.04 Å². The minimum atomic E-state index is -2.94. The maximum atomic E-state index is 13.1. The van der Waals surface area contributed by atoms with E-state index in [-0.39, 0.29) is 36.6 Å². The number of carbonyl (C=O) groups excluding carboxylic acids is 3. The number of hydrogen-bond acceptors (Lipinski definition) is 6. The lowest BCUT2D eigenvalue weighted by Crippen LogP contribution is -2.54. The molecule has 0 spiro atoms. The molecule has 4 rings (SSSR count). The number of imide groups is 1. The van der Waals surface area contributed by atoms with Crippen molar-refractivity contribution in [2.24, 2.45) is 11.8 Å². The molecule has 1 saturated carbocycles. The van der Waals surface area contributed by atoms with Crippen molar-refractivity contribution in [1.29, 1.82) is 0 Å². The van der Waals surface area contributed by atoms with E-state index >= 15 is 0 Å². The summed E-state index contributed by atoms with van der Waals surface area (Å²) in [5.74, 6) is -1.91. The Morgan fingerprint density at radius 2 is 1.86 bits per heavy atom. The molecular formula is C18H26F2N4O4. The number of nitrogens with one attached hydrogen (secondary N) is 2. The summed E-state index contributed by atoms with van der Waals surface area (Å²) in [4.78, 5) is 40.5. The standard InChI is InChI=1S/C18H26F2N4O4/c19-18(20)28-13-8-11(23-5-3-21-4-6-23)7-10-9-24(17(27)15(10)13)12-1-2-14(25)22-16(12)26/h10-13,15,18,21H,1-9H2,(H,22,25,26). The van der Waals surface area contributed by atoms with E-state index in [1.165, 1.54) is 4.90 Å². The SMILES string of the molecule is O=C1CCC(N2CC3CC(N4CCNCC4)CC(OC(F)F)C3C2=O)C(=O)N1. The highest BCUT2D eigenvalue weighted by Crippen LogP contribution is 2.42. The smallest absolute Gasteiger partial charge is 0.330 e. The van der Waals surface area contributed by atoms with Gasteiger partial charge < -0.3 is 15.0 Å². The molecule has 3 amide bonds. The average Bonchev–Trinajstić information content (AvgIpc) is 2.99. The Bertz CT molecular complexity index is 643. The van der Waals surface area contributed by atoms with Crippen molar-refractivity contribution < 1.29 is 27.9 Å². The summed E-state index contributed by atoms with van der Waals surface area (Å²) < 4.78 is 31.0. The number of fused-ring (bicyclic) bond motifs is 1. The van der Waals surface area contributed by atoms with Crippen molar-refractivity contribution in [2.45, 2.75) is 50.5 Å². The van der Waals surface area contributed by atoms with Crippen LogP contribution in [0.2, 0.25) is 0 Å². The van der Waals surface area contributed by atoms with Crippen LogP contribution in [0, 0.1) is 11.8 Å². The molecule has 0 aromatic heterocycles. The van der Waals surface area contributed by atoms with Gasteiger partial charge >= 0.3 is 6.61 Å². The minimum absolute atomic E-state index is 0.0848. The lowest BCUT2D eigenvalue weighted by Gasteiger charge is -2.43. The molecule has 28 heavy (non-hydrogen) atoms. The van der Waals surface area contributed by atoms with E-state index in [1.807, 2.05) is 0 Å². The molecule has 0 aromatic rings. The Morgan fingerprint density at radius 1 is 1.11 bits per heavy atom. The van der Waals surface area contributed by atoms with Gasteiger partial charge in [-0.1, -0.05) is 0 Å². The highest BCUT2D eigenvalue weighted by atomic mass is 19.3. The van der Waals surface area contributed by atoms with Crippen LogP contribution in [-0.2, 0) is 19.1 Å². The number of piperazine rings is 1. The molecule has 1 aliphatic carbocycles. The molecule has 0 radical (unpaired) electrons. The lowest BCUT2D eigenvalue weighted by atomic mass is 9.76. The van der Waals surface area contributed by atoms with E-state index in [9.17, 15) is 23.2 Å². The van der Waals surface area contributed by atoms with Crippen molar-refractivity contribution >= 4 is 17.7 Å². The van der Waals surface area contributed by atoms with Gasteiger partial charge in [0.05, 0.1) is 12.0 Å². The molecule has 4 fully saturated rings. The van der Waals surface area contributed by atoms with Gasteiger partial charge in [0.15, 0.2) is 0 Å². The topological polar surface area (TPSA) is 91.0 Å². The first-order valence-electron chi connectivity index (χ1n) is 9.96. The Kier molecular flexibility index (Phi) is 5.62. The average molecular weight is 400 g/mol. The molecule has 3 heterocycles. The van der Waals surface area contributed by atoms with Gasteiger partial charge in [-0.25, -0.2) is 0 Å². The predicted molar refractivity (Wildman–Crippen MR) is 93.2 cm³/mol. The minimum Gasteiger partial charge on any atom is -0.330 e. The number of rotatable bonds is 4. The molecule has 156 valence electrons. The van der Waals surface area contributed by atoms with Crippen LogP contribution in [0.4, 0.5) is 8.78 Å². The van der Waals surface area contributed by atoms with E-state index in [0.717, 1.165) is 32.6 Å². The largest absolute Gasteiger partial charge is 0.345 e. The van der Waals surface area contributed by atoms with E-state index < -0.39 is 30.6 Å². The summed E-state index contributed by atoms with van der Waals surface area (Å²) in [5.41, 5.74) is 0. The van der Waals surface area contributed by atoms with Crippen LogP contribution < -0.4 is 10.6 Å². The predicted octanol–water partition coefficient (Wildman–Crippen LogP) is -0.458. The number of hydrogen-bond donors (Lipinski definition) is 2. The van der Waals surface area contributed by atoms with E-state index in [0.29, 0.717) is 13.0 Å². The Balaban J connectivity index is 1.52. The second kappa shape index (κ2) is 8.00. The van der Waals surface area contributed by atoms with Crippen molar-refractivity contribution in [3.05, 3.63) is 0 Å². The second-order valence-electron chi connectivity index (χ2n) is 8.09. The van der Waals surface area contributed by atoms with E-state index in [2.05, 4.69) is 15.5 Å². The van der Waals surface area contributed by atoms with Crippen molar-refractivity contribution in [3.8, 4) is 0 Å². The fourth-order valence-electron chi connectivity index (χ4n) is 5.27. The number of carbonyl (C=O) groups is 3. The van der Waals surface area contributed by atoms with Gasteiger partial charge in [0.2, 0.25) is 17.7 Å². The number of halogens is 2. The van der Waals surface area contributed by atoms with Crippen LogP contribution in [0.3, 0.4) is 0 Å². The molecule has 8 nitrogen and oxygen atoms in total. The fraction of sp³-hybridized carbons (Fsp3) is 0.833. The number of amides is 3. The molecular weight excluding hydrogens is 374 g/mol. The van der Waals surface area contributed by atoms with Crippen LogP contribution in [0.5, 0.6) is 0 Å². The number of ether oxygens (including phenoxy) is 1. The number of alkyl halides is 2. The molecule has 0 bridgehead atoms. The summed E-state index contributed by atoms with van der Waals surface area (Å²) in [7, 11) is 0. The highest BCUT2D eigenvalue weighted by molar-refractivity contribution is 6.02. The molecule has 10 heteroatoms. The highest BCUT2D eigenvalue weighted by Gasteiger charge is 2.53. The van der Waals surface area contributed by atoms with Crippen LogP contribution >= 0.6 is 0 Å². The summed E-state index contributed by atoms with van der Waals surface area (Å²) in [6.07, 6.45) is 0.709. The summed E-state index contributed by atoms with van der Waals surface area (Å²) >= 11 is 0. The fourth-order valence-corrected chi connectivity index (χ4v) is 5.27. The Hall–Kier alpha value is -1.65. The number of nitrogens with zero attached hydrogens (tertiary/aromatic N) is 2. The Labute approximate surface area is 161 Å². The van der Waals surface area contributed by atoms with Crippen molar-refractivity contribution in [2.75, 3.05) is 32.7 Å². The first-order valence-corrected chi connectivity index (χ1v) is 9.96. The third-order valence-corrected chi connectivity index (χ3v) is 6.52. The first kappa shape index (κ1) is 19.7. The molecule has 0 aromatic carbocycles. The third-order valence-electron chi connectivity index (χ3n) is 6.52. The van der Waals surface area contributed by atoms with E-state index in [1.54, 1.807) is 0 Å². The van der Waals surface area contributed by atoms with Gasteiger partial charge in [0, 0.05) is 45.2 Å². The molecule has 4 aliphatic rings. The van der Waals surface area contributed by atoms with Crippen LogP contribution in [0.25, 0.3) is 0 Å². The first-order chi connectivity index (χ1) is 13.4. The van der Waals surface area contributed by atoms with Gasteiger partial charge in [-0.15, -0.1) is 0 Å². The van der Waals surface area contributed by atoms with Crippen LogP contribution in [-0.4, -0.2) is 85.0 Å². The van der Waals surface area contributed by atoms with Gasteiger partial charge in [-0.2, -0.15) is 8.78 Å². The molecule has 3 saturated heterocycles. The van der Waals surface area contributed by atoms with Crippen LogP contribution in [0.1, 0.15) is 25.7 Å². The molecule has 5 atom stereocenters. The monoisotopic (exact) mass is 400 g/mol. The van der Waals surface area contributed by atoms with Crippen molar-refractivity contribution in [1.82, 2.24) is 20.4 Å². The van der Waals surface area contributed by atoms with Gasteiger partial charge in [0.25, 0.3) is 0 Å². The van der Waals surface area contributed by atoms with E-state index in [4.69, 9.17) is 4.74 Å². The maximum absolute atomic E-state index is 13.1. The number of piperidine rings is 1. The summed E-state index contributed by atoms with van der Waals surface area (Å²) in [6, 6.07) is -0.623. The normalized spacial score (nSPS) is 37.3. The lowest BCUT2D eigenvalue weighted by molar-refractivity contribution is -0.194. The third kappa shape index (κ3) is 3.77. The molecule has 5 unspecified atom stereocenters. The zero-order valence-electron chi connectivity index (χ0n) is 15.6. The molecule has 3 aliphatic heterocycles.